The summed E-state index contributed by atoms with van der Waals surface area (Å²) in [6.45, 7) is 4.62. The summed E-state index contributed by atoms with van der Waals surface area (Å²) in [5, 5.41) is 11.6. The van der Waals surface area contributed by atoms with E-state index in [-0.39, 0.29) is 0 Å². The lowest BCUT2D eigenvalue weighted by Gasteiger charge is -1.97. The highest BCUT2D eigenvalue weighted by atomic mass is 15.3. The van der Waals surface area contributed by atoms with Gasteiger partial charge in [-0.05, 0) is 14.0 Å². The molecule has 0 aliphatic rings. The van der Waals surface area contributed by atoms with Crippen LogP contribution in [-0.4, -0.2) is 26.6 Å². The van der Waals surface area contributed by atoms with Crippen molar-refractivity contribution in [3.63, 3.8) is 0 Å². The van der Waals surface area contributed by atoms with Crippen LogP contribution in [0.15, 0.2) is 24.8 Å². The molecule has 2 rings (SSSR count). The average molecular weight is 219 g/mol. The second kappa shape index (κ2) is 4.94. The Morgan fingerprint density at radius 2 is 1.81 bits per heavy atom. The van der Waals surface area contributed by atoms with Crippen molar-refractivity contribution in [2.45, 2.75) is 26.6 Å². The lowest BCUT2D eigenvalue weighted by atomic mass is 10.3. The largest absolute Gasteiger partial charge is 0.316 e. The number of nitrogens with one attached hydrogen (secondary N) is 1. The summed E-state index contributed by atoms with van der Waals surface area (Å²) < 4.78 is 3.86. The summed E-state index contributed by atoms with van der Waals surface area (Å²) in [5.41, 5.74) is 2.38. The van der Waals surface area contributed by atoms with E-state index in [4.69, 9.17) is 0 Å². The third-order valence-electron chi connectivity index (χ3n) is 2.42. The summed E-state index contributed by atoms with van der Waals surface area (Å²) in [6, 6.07) is 0. The van der Waals surface area contributed by atoms with Gasteiger partial charge in [0.1, 0.15) is 0 Å². The molecule has 0 aliphatic carbocycles. The van der Waals surface area contributed by atoms with Crippen molar-refractivity contribution in [1.29, 1.82) is 0 Å². The first-order valence-electron chi connectivity index (χ1n) is 5.49. The minimum atomic E-state index is 0.781. The minimum Gasteiger partial charge on any atom is -0.316 e. The predicted octanol–water partition coefficient (Wildman–Crippen LogP) is 0.867. The molecule has 1 N–H and O–H groups in total. The van der Waals surface area contributed by atoms with E-state index in [1.54, 1.807) is 0 Å². The monoisotopic (exact) mass is 219 g/mol. The fourth-order valence-electron chi connectivity index (χ4n) is 1.64. The fraction of sp³-hybridized carbons (Fsp3) is 0.455. The Morgan fingerprint density at radius 3 is 2.50 bits per heavy atom. The Labute approximate surface area is 95.1 Å². The van der Waals surface area contributed by atoms with E-state index in [0.717, 1.165) is 19.6 Å². The fourth-order valence-corrected chi connectivity index (χ4v) is 1.64. The number of nitrogens with zero attached hydrogens (tertiary/aromatic N) is 4. The molecule has 0 saturated carbocycles. The summed E-state index contributed by atoms with van der Waals surface area (Å²) >= 11 is 0. The van der Waals surface area contributed by atoms with Crippen LogP contribution in [0, 0.1) is 0 Å². The maximum absolute atomic E-state index is 4.30. The third kappa shape index (κ3) is 2.49. The summed E-state index contributed by atoms with van der Waals surface area (Å²) in [7, 11) is 1.93. The minimum absolute atomic E-state index is 0.781. The highest BCUT2D eigenvalue weighted by Crippen LogP contribution is 2.03. The van der Waals surface area contributed by atoms with Gasteiger partial charge in [-0.2, -0.15) is 10.2 Å². The molecule has 0 radical (unpaired) electrons. The van der Waals surface area contributed by atoms with Crippen molar-refractivity contribution >= 4 is 0 Å². The van der Waals surface area contributed by atoms with Crippen molar-refractivity contribution in [3.8, 4) is 0 Å². The normalized spacial score (nSPS) is 10.9. The smallest absolute Gasteiger partial charge is 0.0690 e. The molecular formula is C11H17N5. The van der Waals surface area contributed by atoms with Crippen LogP contribution in [0.4, 0.5) is 0 Å². The van der Waals surface area contributed by atoms with E-state index in [2.05, 4.69) is 34.8 Å². The van der Waals surface area contributed by atoms with Crippen molar-refractivity contribution in [2.75, 3.05) is 7.05 Å². The maximum Gasteiger partial charge on any atom is 0.0690 e. The second-order valence-corrected chi connectivity index (χ2v) is 3.78. The van der Waals surface area contributed by atoms with Gasteiger partial charge >= 0.3 is 0 Å². The van der Waals surface area contributed by atoms with Gasteiger partial charge in [-0.1, -0.05) is 0 Å². The van der Waals surface area contributed by atoms with Gasteiger partial charge in [0, 0.05) is 36.6 Å². The molecule has 2 aromatic rings. The van der Waals surface area contributed by atoms with E-state index in [0.29, 0.717) is 0 Å². The molecule has 0 bridgehead atoms. The Hall–Kier alpha value is -1.62. The van der Waals surface area contributed by atoms with Crippen LogP contribution in [0.25, 0.3) is 0 Å². The summed E-state index contributed by atoms with van der Waals surface area (Å²) in [6.07, 6.45) is 7.89. The predicted molar refractivity (Wildman–Crippen MR) is 62.0 cm³/mol. The Kier molecular flexibility index (Phi) is 3.36. The van der Waals surface area contributed by atoms with E-state index in [9.17, 15) is 0 Å². The molecule has 0 saturated heterocycles. The van der Waals surface area contributed by atoms with Crippen molar-refractivity contribution in [3.05, 3.63) is 35.9 Å². The molecular weight excluding hydrogens is 202 g/mol. The average Bonchev–Trinajstić information content (AvgIpc) is 2.89. The third-order valence-corrected chi connectivity index (χ3v) is 2.42. The first-order valence-corrected chi connectivity index (χ1v) is 5.49. The molecule has 86 valence electrons. The van der Waals surface area contributed by atoms with E-state index >= 15 is 0 Å². The van der Waals surface area contributed by atoms with E-state index in [1.807, 2.05) is 28.8 Å². The van der Waals surface area contributed by atoms with Crippen LogP contribution in [-0.2, 0) is 19.6 Å². The summed E-state index contributed by atoms with van der Waals surface area (Å²) in [4.78, 5) is 0. The Bertz CT molecular complexity index is 443. The number of aryl methyl sites for hydroxylation is 1. The van der Waals surface area contributed by atoms with Crippen LogP contribution in [0.1, 0.15) is 18.1 Å². The van der Waals surface area contributed by atoms with Crippen LogP contribution in [0.2, 0.25) is 0 Å². The molecule has 16 heavy (non-hydrogen) atoms. The molecule has 0 aliphatic heterocycles. The molecule has 0 fully saturated rings. The Morgan fingerprint density at radius 1 is 1.12 bits per heavy atom. The first kappa shape index (κ1) is 10.9. The van der Waals surface area contributed by atoms with Gasteiger partial charge in [-0.3, -0.25) is 9.36 Å². The highest BCUT2D eigenvalue weighted by molar-refractivity contribution is 5.08. The van der Waals surface area contributed by atoms with Gasteiger partial charge in [0.15, 0.2) is 0 Å². The number of rotatable bonds is 5. The summed E-state index contributed by atoms with van der Waals surface area (Å²) in [5.74, 6) is 0. The number of hydrogen-bond acceptors (Lipinski definition) is 3. The lowest BCUT2D eigenvalue weighted by Crippen LogP contribution is -2.04. The second-order valence-electron chi connectivity index (χ2n) is 3.78. The van der Waals surface area contributed by atoms with Crippen molar-refractivity contribution in [1.82, 2.24) is 24.9 Å². The molecule has 0 amide bonds. The molecule has 2 heterocycles. The zero-order chi connectivity index (χ0) is 11.4. The van der Waals surface area contributed by atoms with Gasteiger partial charge in [0.05, 0.1) is 18.9 Å². The Balaban J connectivity index is 2.02. The zero-order valence-electron chi connectivity index (χ0n) is 9.72. The van der Waals surface area contributed by atoms with Crippen LogP contribution < -0.4 is 5.32 Å². The van der Waals surface area contributed by atoms with Gasteiger partial charge in [-0.15, -0.1) is 0 Å². The van der Waals surface area contributed by atoms with Crippen LogP contribution in [0.5, 0.6) is 0 Å². The van der Waals surface area contributed by atoms with Gasteiger partial charge in [0.2, 0.25) is 0 Å². The SMILES string of the molecule is CCn1cc(Cn2cc(CNC)cn2)cn1. The quantitative estimate of drug-likeness (QED) is 0.811. The zero-order valence-corrected chi connectivity index (χ0v) is 9.72. The van der Waals surface area contributed by atoms with E-state index in [1.165, 1.54) is 11.1 Å². The molecule has 2 aromatic heterocycles. The topological polar surface area (TPSA) is 47.7 Å². The number of aromatic nitrogens is 4. The molecule has 5 heteroatoms. The first-order chi connectivity index (χ1) is 7.81. The molecule has 0 aromatic carbocycles. The molecule has 0 spiro atoms. The van der Waals surface area contributed by atoms with E-state index < -0.39 is 0 Å². The van der Waals surface area contributed by atoms with Crippen molar-refractivity contribution in [2.24, 2.45) is 0 Å². The van der Waals surface area contributed by atoms with Crippen molar-refractivity contribution < 1.29 is 0 Å². The van der Waals surface area contributed by atoms with Gasteiger partial charge < -0.3 is 5.32 Å². The number of hydrogen-bond donors (Lipinski definition) is 1. The maximum atomic E-state index is 4.30. The molecule has 0 unspecified atom stereocenters. The van der Waals surface area contributed by atoms with Crippen LogP contribution >= 0.6 is 0 Å². The lowest BCUT2D eigenvalue weighted by molar-refractivity contribution is 0.654. The van der Waals surface area contributed by atoms with Gasteiger partial charge in [-0.25, -0.2) is 0 Å². The highest BCUT2D eigenvalue weighted by Gasteiger charge is 2.01. The molecule has 0 atom stereocenters. The van der Waals surface area contributed by atoms with Gasteiger partial charge in [0.25, 0.3) is 0 Å². The molecule has 5 nitrogen and oxygen atoms in total. The standard InChI is InChI=1S/C11H17N5/c1-3-15-8-11(6-13-15)9-16-7-10(4-12-2)5-14-16/h5-8,12H,3-4,9H2,1-2H3. The van der Waals surface area contributed by atoms with Crippen LogP contribution in [0.3, 0.4) is 0 Å².